The van der Waals surface area contributed by atoms with E-state index in [1.165, 1.54) is 0 Å². The van der Waals surface area contributed by atoms with Gasteiger partial charge in [-0.25, -0.2) is 4.98 Å². The normalized spacial score (nSPS) is 13.0. The molecule has 0 radical (unpaired) electrons. The second-order valence-electron chi connectivity index (χ2n) is 7.70. The summed E-state index contributed by atoms with van der Waals surface area (Å²) in [5.41, 5.74) is 4.19. The number of allylic oxidation sites excluding steroid dienone is 6. The molecule has 2 aromatic heterocycles. The highest BCUT2D eigenvalue weighted by Crippen LogP contribution is 2.28. The Bertz CT molecular complexity index is 1350. The maximum Gasteiger partial charge on any atom is 0.259 e. The van der Waals surface area contributed by atoms with Gasteiger partial charge in [-0.05, 0) is 66.9 Å². The standard InChI is InChI=1S/C28H31N4OP/c1-5-9-15-29-24(8-4)20-10-12-22(13-11-20)31-27-26-21(14-16-30-28(26)33)18-25(32-27)19(6-2)17-23(34)7-3/h6-8,10-18H,2,5,9,34H2,1,3-4H3,(H,30,33)(H,31,32)/b19-17+,23-7+,24-8-,29-15?. The number of unbranched alkanes of at least 4 members (excludes halogenated alkanes) is 1. The van der Waals surface area contributed by atoms with Crippen molar-refractivity contribution in [3.63, 3.8) is 0 Å². The zero-order valence-corrected chi connectivity index (χ0v) is 21.1. The number of fused-ring (bicyclic) bond motifs is 1. The summed E-state index contributed by atoms with van der Waals surface area (Å²) in [5.74, 6) is 0.493. The third-order valence-electron chi connectivity index (χ3n) is 5.29. The summed E-state index contributed by atoms with van der Waals surface area (Å²) >= 11 is 0. The van der Waals surface area contributed by atoms with Crippen molar-refractivity contribution in [3.8, 4) is 0 Å². The van der Waals surface area contributed by atoms with E-state index in [1.54, 1.807) is 12.3 Å². The highest BCUT2D eigenvalue weighted by molar-refractivity contribution is 7.23. The van der Waals surface area contributed by atoms with Crippen LogP contribution in [0, 0.1) is 0 Å². The van der Waals surface area contributed by atoms with Crippen LogP contribution in [0.15, 0.2) is 88.6 Å². The second kappa shape index (κ2) is 12.1. The fraction of sp³-hybridized carbons (Fsp3) is 0.179. The average Bonchev–Trinajstić information content (AvgIpc) is 2.85. The van der Waals surface area contributed by atoms with Gasteiger partial charge in [-0.3, -0.25) is 9.79 Å². The number of pyridine rings is 2. The fourth-order valence-electron chi connectivity index (χ4n) is 3.42. The lowest BCUT2D eigenvalue weighted by Crippen LogP contribution is -2.09. The number of hydrogen-bond acceptors (Lipinski definition) is 4. The van der Waals surface area contributed by atoms with E-state index in [-0.39, 0.29) is 5.56 Å². The first kappa shape index (κ1) is 25.1. The number of nitrogens with zero attached hydrogens (tertiary/aromatic N) is 2. The molecule has 34 heavy (non-hydrogen) atoms. The third-order valence-corrected chi connectivity index (χ3v) is 5.79. The number of rotatable bonds is 9. The molecule has 0 aliphatic rings. The highest BCUT2D eigenvalue weighted by atomic mass is 31.0. The van der Waals surface area contributed by atoms with Crippen LogP contribution in [0.1, 0.15) is 44.9 Å². The first-order valence-electron chi connectivity index (χ1n) is 11.4. The van der Waals surface area contributed by atoms with E-state index in [9.17, 15) is 4.79 Å². The topological polar surface area (TPSA) is 70.1 Å². The summed E-state index contributed by atoms with van der Waals surface area (Å²) in [5, 5.41) is 5.67. The quantitative estimate of drug-likeness (QED) is 0.197. The number of hydrogen-bond donors (Lipinski definition) is 2. The van der Waals surface area contributed by atoms with Crippen LogP contribution in [0.5, 0.6) is 0 Å². The lowest BCUT2D eigenvalue weighted by molar-refractivity contribution is 1.01. The van der Waals surface area contributed by atoms with Crippen LogP contribution in [0.3, 0.4) is 0 Å². The molecule has 1 unspecified atom stereocenters. The van der Waals surface area contributed by atoms with Gasteiger partial charge in [0, 0.05) is 23.7 Å². The molecule has 0 fully saturated rings. The van der Waals surface area contributed by atoms with E-state index < -0.39 is 0 Å². The molecule has 1 atom stereocenters. The molecule has 2 heterocycles. The highest BCUT2D eigenvalue weighted by Gasteiger charge is 2.12. The van der Waals surface area contributed by atoms with Crippen molar-refractivity contribution in [1.82, 2.24) is 9.97 Å². The van der Waals surface area contributed by atoms with Crippen LogP contribution in [0.25, 0.3) is 22.0 Å². The Morgan fingerprint density at radius 3 is 2.62 bits per heavy atom. The Kier molecular flexibility index (Phi) is 8.89. The maximum absolute atomic E-state index is 12.7. The van der Waals surface area contributed by atoms with Crippen molar-refractivity contribution in [3.05, 3.63) is 100 Å². The molecule has 174 valence electrons. The zero-order valence-electron chi connectivity index (χ0n) is 19.9. The molecule has 3 aromatic rings. The number of anilines is 2. The van der Waals surface area contributed by atoms with Crippen LogP contribution in [0.4, 0.5) is 11.5 Å². The van der Waals surface area contributed by atoms with E-state index in [1.807, 2.05) is 74.7 Å². The number of aromatic nitrogens is 2. The van der Waals surface area contributed by atoms with Crippen LogP contribution in [-0.2, 0) is 0 Å². The number of benzene rings is 1. The van der Waals surface area contributed by atoms with Gasteiger partial charge >= 0.3 is 0 Å². The number of aliphatic imine (C=N–C) groups is 1. The van der Waals surface area contributed by atoms with Gasteiger partial charge in [0.05, 0.1) is 16.8 Å². The van der Waals surface area contributed by atoms with Gasteiger partial charge in [-0.15, -0.1) is 9.24 Å². The molecule has 6 heteroatoms. The molecule has 1 aromatic carbocycles. The van der Waals surface area contributed by atoms with E-state index in [2.05, 4.69) is 38.0 Å². The van der Waals surface area contributed by atoms with Crippen LogP contribution >= 0.6 is 9.24 Å². The number of nitrogens with one attached hydrogen (secondary N) is 2. The van der Waals surface area contributed by atoms with Gasteiger partial charge < -0.3 is 10.3 Å². The first-order chi connectivity index (χ1) is 16.5. The Labute approximate surface area is 203 Å². The van der Waals surface area contributed by atoms with E-state index >= 15 is 0 Å². The number of H-pyrrole nitrogens is 1. The van der Waals surface area contributed by atoms with E-state index in [0.717, 1.165) is 51.8 Å². The molecule has 0 aliphatic carbocycles. The van der Waals surface area contributed by atoms with Gasteiger partial charge in [0.25, 0.3) is 5.56 Å². The summed E-state index contributed by atoms with van der Waals surface area (Å²) in [7, 11) is 2.69. The molecular formula is C28H31N4OP. The van der Waals surface area contributed by atoms with Crippen LogP contribution in [-0.4, -0.2) is 16.2 Å². The molecule has 0 saturated heterocycles. The van der Waals surface area contributed by atoms with Crippen molar-refractivity contribution in [2.24, 2.45) is 4.99 Å². The van der Waals surface area contributed by atoms with E-state index in [0.29, 0.717) is 11.2 Å². The van der Waals surface area contributed by atoms with Gasteiger partial charge in [0.2, 0.25) is 0 Å². The Hall–Kier alpha value is -3.56. The van der Waals surface area contributed by atoms with Crippen LogP contribution < -0.4 is 10.9 Å². The minimum absolute atomic E-state index is 0.193. The van der Waals surface area contributed by atoms with Gasteiger partial charge in [-0.2, -0.15) is 0 Å². The lowest BCUT2D eigenvalue weighted by atomic mass is 10.1. The van der Waals surface area contributed by atoms with Gasteiger partial charge in [0.1, 0.15) is 5.82 Å². The third kappa shape index (κ3) is 6.06. The monoisotopic (exact) mass is 470 g/mol. The minimum Gasteiger partial charge on any atom is -0.340 e. The Balaban J connectivity index is 2.03. The number of aromatic amines is 1. The zero-order chi connectivity index (χ0) is 24.5. The molecular weight excluding hydrogens is 439 g/mol. The fourth-order valence-corrected chi connectivity index (χ4v) is 3.60. The van der Waals surface area contributed by atoms with Crippen molar-refractivity contribution in [2.45, 2.75) is 33.6 Å². The summed E-state index contributed by atoms with van der Waals surface area (Å²) in [6, 6.07) is 11.7. The van der Waals surface area contributed by atoms with Crippen molar-refractivity contribution < 1.29 is 0 Å². The largest absolute Gasteiger partial charge is 0.340 e. The smallest absolute Gasteiger partial charge is 0.259 e. The van der Waals surface area contributed by atoms with E-state index in [4.69, 9.17) is 4.98 Å². The van der Waals surface area contributed by atoms with Crippen molar-refractivity contribution >= 4 is 49.0 Å². The minimum atomic E-state index is -0.193. The summed E-state index contributed by atoms with van der Waals surface area (Å²) in [6.07, 6.45) is 13.4. The molecule has 0 amide bonds. The van der Waals surface area contributed by atoms with Crippen molar-refractivity contribution in [2.75, 3.05) is 5.32 Å². The first-order valence-corrected chi connectivity index (χ1v) is 11.9. The Morgan fingerprint density at radius 1 is 1.21 bits per heavy atom. The summed E-state index contributed by atoms with van der Waals surface area (Å²) < 4.78 is 0. The molecule has 0 spiro atoms. The van der Waals surface area contributed by atoms with Gasteiger partial charge in [-0.1, -0.05) is 50.3 Å². The molecule has 2 N–H and O–H groups in total. The Morgan fingerprint density at radius 2 is 1.97 bits per heavy atom. The van der Waals surface area contributed by atoms with Crippen molar-refractivity contribution in [1.29, 1.82) is 0 Å². The van der Waals surface area contributed by atoms with Crippen LogP contribution in [0.2, 0.25) is 0 Å². The van der Waals surface area contributed by atoms with Gasteiger partial charge in [0.15, 0.2) is 0 Å². The SMILES string of the molecule is C=C/C(=C\C(P)=C/C)c1cc2cc[nH]c(=O)c2c(Nc2ccc(/C(=C/C)N=CCCC)cc2)n1. The maximum atomic E-state index is 12.7. The predicted molar refractivity (Wildman–Crippen MR) is 151 cm³/mol. The average molecular weight is 471 g/mol. The molecule has 0 aliphatic heterocycles. The summed E-state index contributed by atoms with van der Waals surface area (Å²) in [4.78, 5) is 24.8. The lowest BCUT2D eigenvalue weighted by Gasteiger charge is -2.12. The molecule has 3 rings (SSSR count). The molecule has 0 saturated carbocycles. The molecule has 0 bridgehead atoms. The molecule has 5 nitrogen and oxygen atoms in total. The summed E-state index contributed by atoms with van der Waals surface area (Å²) in [6.45, 7) is 10.0. The predicted octanol–water partition coefficient (Wildman–Crippen LogP) is 7.25. The second-order valence-corrected chi connectivity index (χ2v) is 8.36.